The Hall–Kier alpha value is -3.23. The highest BCUT2D eigenvalue weighted by atomic mass is 19.3. The number of pyridine rings is 1. The molecule has 2 heterocycles. The number of alkyl halides is 2. The van der Waals surface area contributed by atoms with Crippen LogP contribution in [0.3, 0.4) is 0 Å². The zero-order chi connectivity index (χ0) is 19.9. The number of carbonyl (C=O) groups is 2. The van der Waals surface area contributed by atoms with E-state index in [2.05, 4.69) is 19.9 Å². The molecule has 0 saturated carbocycles. The molecule has 2 aromatic rings. The van der Waals surface area contributed by atoms with E-state index in [4.69, 9.17) is 0 Å². The summed E-state index contributed by atoms with van der Waals surface area (Å²) in [6.07, 6.45) is 1.85. The molecule has 1 saturated heterocycles. The van der Waals surface area contributed by atoms with E-state index < -0.39 is 12.5 Å². The third-order valence-electron chi connectivity index (χ3n) is 4.41. The molecule has 0 radical (unpaired) electrons. The molecular formula is C19H21F2N4O3+. The summed E-state index contributed by atoms with van der Waals surface area (Å²) in [5.41, 5.74) is -0.0416. The summed E-state index contributed by atoms with van der Waals surface area (Å²) in [5.74, 6) is -0.104. The number of aromatic nitrogens is 1. The first kappa shape index (κ1) is 19.5. The molecule has 9 heteroatoms. The number of anilines is 1. The maximum atomic E-state index is 12.5. The molecule has 1 aliphatic rings. The monoisotopic (exact) mass is 391 g/mol. The first-order chi connectivity index (χ1) is 13.5. The second kappa shape index (κ2) is 9.12. The summed E-state index contributed by atoms with van der Waals surface area (Å²) >= 11 is 0. The highest BCUT2D eigenvalue weighted by molar-refractivity contribution is 5.98. The summed E-state index contributed by atoms with van der Waals surface area (Å²) in [5, 5.41) is 2.48. The molecule has 28 heavy (non-hydrogen) atoms. The Bertz CT molecular complexity index is 812. The number of hydrogen-bond donors (Lipinski definition) is 1. The third-order valence-corrected chi connectivity index (χ3v) is 4.41. The smallest absolute Gasteiger partial charge is 0.387 e. The minimum absolute atomic E-state index is 0.0416. The molecule has 2 amide bonds. The molecule has 2 N–H and O–H groups in total. The molecule has 3 rings (SSSR count). The van der Waals surface area contributed by atoms with E-state index in [1.165, 1.54) is 24.3 Å². The number of hydrogen-bond acceptors (Lipinski definition) is 4. The van der Waals surface area contributed by atoms with Crippen molar-refractivity contribution in [2.45, 2.75) is 6.61 Å². The topological polar surface area (TPSA) is 76.0 Å². The van der Waals surface area contributed by atoms with Gasteiger partial charge in [-0.2, -0.15) is 8.78 Å². The number of benzene rings is 1. The predicted octanol–water partition coefficient (Wildman–Crippen LogP) is 1.18. The number of ether oxygens (including phenoxy) is 1. The van der Waals surface area contributed by atoms with Crippen LogP contribution in [0.4, 0.5) is 14.6 Å². The largest absolute Gasteiger partial charge is 0.434 e. The molecule has 0 aliphatic carbocycles. The van der Waals surface area contributed by atoms with Crippen molar-refractivity contribution in [3.05, 3.63) is 54.2 Å². The lowest BCUT2D eigenvalue weighted by Crippen LogP contribution is -2.52. The number of nitrogens with one attached hydrogen (secondary N) is 2. The van der Waals surface area contributed by atoms with Crippen molar-refractivity contribution in [2.24, 2.45) is 0 Å². The average molecular weight is 391 g/mol. The van der Waals surface area contributed by atoms with Gasteiger partial charge in [-0.1, -0.05) is 18.2 Å². The van der Waals surface area contributed by atoms with E-state index in [0.717, 1.165) is 5.82 Å². The van der Waals surface area contributed by atoms with Crippen LogP contribution in [0.25, 0.3) is 0 Å². The number of halogens is 2. The Balaban J connectivity index is 1.50. The first-order valence-electron chi connectivity index (χ1n) is 8.86. The SMILES string of the molecule is O=C(NCC(=O)N1CCN(c2cccc[nH+]2)CC1)c1ccccc1OC(F)F. The fourth-order valence-electron chi connectivity index (χ4n) is 2.99. The molecule has 1 aromatic heterocycles. The Morgan fingerprint density at radius 1 is 1.07 bits per heavy atom. The van der Waals surface area contributed by atoms with Gasteiger partial charge in [0, 0.05) is 6.07 Å². The molecule has 0 spiro atoms. The van der Waals surface area contributed by atoms with Gasteiger partial charge in [0.15, 0.2) is 0 Å². The van der Waals surface area contributed by atoms with Gasteiger partial charge >= 0.3 is 6.61 Å². The van der Waals surface area contributed by atoms with Crippen LogP contribution in [-0.2, 0) is 4.79 Å². The number of nitrogens with zero attached hydrogens (tertiary/aromatic N) is 2. The molecule has 0 atom stereocenters. The highest BCUT2D eigenvalue weighted by Gasteiger charge is 2.26. The van der Waals surface area contributed by atoms with Gasteiger partial charge in [0.2, 0.25) is 5.91 Å². The predicted molar refractivity (Wildman–Crippen MR) is 97.2 cm³/mol. The minimum Gasteiger partial charge on any atom is -0.434 e. The molecular weight excluding hydrogens is 370 g/mol. The van der Waals surface area contributed by atoms with Crippen LogP contribution in [0, 0.1) is 0 Å². The zero-order valence-corrected chi connectivity index (χ0v) is 15.1. The molecule has 148 valence electrons. The quantitative estimate of drug-likeness (QED) is 0.803. The number of rotatable bonds is 6. The van der Waals surface area contributed by atoms with Crippen molar-refractivity contribution >= 4 is 17.6 Å². The second-order valence-corrected chi connectivity index (χ2v) is 6.17. The van der Waals surface area contributed by atoms with Crippen LogP contribution in [-0.4, -0.2) is 56.0 Å². The van der Waals surface area contributed by atoms with Gasteiger partial charge < -0.3 is 15.0 Å². The minimum atomic E-state index is -3.03. The number of piperazine rings is 1. The molecule has 0 unspecified atom stereocenters. The van der Waals surface area contributed by atoms with Gasteiger partial charge in [-0.3, -0.25) is 14.5 Å². The molecule has 1 fully saturated rings. The number of H-pyrrole nitrogens is 1. The standard InChI is InChI=1S/C19H20F2N4O3/c20-19(21)28-15-6-2-1-5-14(15)18(27)23-13-17(26)25-11-9-24(10-12-25)16-7-3-4-8-22-16/h1-8,19H,9-13H2,(H,23,27)/p+1. The van der Waals surface area contributed by atoms with Crippen LogP contribution in [0.15, 0.2) is 48.7 Å². The average Bonchev–Trinajstić information content (AvgIpc) is 2.72. The number of carbonyl (C=O) groups excluding carboxylic acids is 2. The van der Waals surface area contributed by atoms with Crippen molar-refractivity contribution < 1.29 is 28.1 Å². The zero-order valence-electron chi connectivity index (χ0n) is 15.1. The fraction of sp³-hybridized carbons (Fsp3) is 0.316. The van der Waals surface area contributed by atoms with Crippen molar-refractivity contribution in [1.82, 2.24) is 10.2 Å². The normalized spacial score (nSPS) is 14.1. The maximum absolute atomic E-state index is 12.5. The van der Waals surface area contributed by atoms with E-state index in [1.54, 1.807) is 4.90 Å². The Morgan fingerprint density at radius 3 is 2.46 bits per heavy atom. The van der Waals surface area contributed by atoms with Crippen molar-refractivity contribution in [3.63, 3.8) is 0 Å². The lowest BCUT2D eigenvalue weighted by Gasteiger charge is -2.31. The van der Waals surface area contributed by atoms with Crippen molar-refractivity contribution in [3.8, 4) is 5.75 Å². The van der Waals surface area contributed by atoms with E-state index >= 15 is 0 Å². The van der Waals surface area contributed by atoms with E-state index in [1.807, 2.05) is 24.4 Å². The molecule has 0 bridgehead atoms. The van der Waals surface area contributed by atoms with Crippen LogP contribution in [0.1, 0.15) is 10.4 Å². The van der Waals surface area contributed by atoms with E-state index in [-0.39, 0.29) is 23.8 Å². The van der Waals surface area contributed by atoms with Gasteiger partial charge in [-0.05, 0) is 18.2 Å². The Labute approximate surface area is 160 Å². The van der Waals surface area contributed by atoms with Gasteiger partial charge in [0.05, 0.1) is 31.4 Å². The third kappa shape index (κ3) is 4.93. The van der Waals surface area contributed by atoms with Gasteiger partial charge in [0.1, 0.15) is 18.8 Å². The van der Waals surface area contributed by atoms with Crippen LogP contribution < -0.4 is 19.9 Å². The number of amides is 2. The summed E-state index contributed by atoms with van der Waals surface area (Å²) < 4.78 is 29.3. The summed E-state index contributed by atoms with van der Waals surface area (Å²) in [7, 11) is 0. The highest BCUT2D eigenvalue weighted by Crippen LogP contribution is 2.20. The number of para-hydroxylation sites is 1. The molecule has 1 aromatic carbocycles. The van der Waals surface area contributed by atoms with Crippen molar-refractivity contribution in [2.75, 3.05) is 37.6 Å². The number of aromatic amines is 1. The van der Waals surface area contributed by atoms with Crippen LogP contribution in [0.5, 0.6) is 5.75 Å². The van der Waals surface area contributed by atoms with Crippen molar-refractivity contribution in [1.29, 1.82) is 0 Å². The summed E-state index contributed by atoms with van der Waals surface area (Å²) in [6.45, 7) is -0.838. The van der Waals surface area contributed by atoms with E-state index in [9.17, 15) is 18.4 Å². The summed E-state index contributed by atoms with van der Waals surface area (Å²) in [4.78, 5) is 31.6. The molecule has 1 aliphatic heterocycles. The Morgan fingerprint density at radius 2 is 1.79 bits per heavy atom. The van der Waals surface area contributed by atoms with Crippen LogP contribution in [0.2, 0.25) is 0 Å². The maximum Gasteiger partial charge on any atom is 0.387 e. The van der Waals surface area contributed by atoms with Gasteiger partial charge in [-0.15, -0.1) is 0 Å². The fourth-order valence-corrected chi connectivity index (χ4v) is 2.99. The van der Waals surface area contributed by atoms with Crippen LogP contribution >= 0.6 is 0 Å². The van der Waals surface area contributed by atoms with Gasteiger partial charge in [-0.25, -0.2) is 4.98 Å². The molecule has 7 nitrogen and oxygen atoms in total. The lowest BCUT2D eigenvalue weighted by molar-refractivity contribution is -0.364. The first-order valence-corrected chi connectivity index (χ1v) is 8.86. The van der Waals surface area contributed by atoms with Gasteiger partial charge in [0.25, 0.3) is 11.7 Å². The Kier molecular flexibility index (Phi) is 6.36. The second-order valence-electron chi connectivity index (χ2n) is 6.17. The summed E-state index contributed by atoms with van der Waals surface area (Å²) in [6, 6.07) is 11.5. The van der Waals surface area contributed by atoms with E-state index in [0.29, 0.717) is 26.2 Å². The lowest BCUT2D eigenvalue weighted by atomic mass is 10.2.